The Morgan fingerprint density at radius 3 is 2.12 bits per heavy atom. The van der Waals surface area contributed by atoms with E-state index in [-0.39, 0.29) is 15.9 Å². The molecule has 0 atom stereocenters. The Labute approximate surface area is 62.4 Å². The van der Waals surface area contributed by atoms with Crippen molar-refractivity contribution in [2.75, 3.05) is 5.88 Å². The van der Waals surface area contributed by atoms with Crippen LogP contribution in [-0.4, -0.2) is 5.88 Å². The van der Waals surface area contributed by atoms with Crippen LogP contribution in [0.15, 0.2) is 10.1 Å². The summed E-state index contributed by atoms with van der Waals surface area (Å²) in [6, 6.07) is 1.64. The van der Waals surface area contributed by atoms with Crippen molar-refractivity contribution in [2.24, 2.45) is 0 Å². The summed E-state index contributed by atoms with van der Waals surface area (Å²) in [7, 11) is 0. The molecule has 0 bridgehead atoms. The third kappa shape index (κ3) is 2.42. The quantitative estimate of drug-likeness (QED) is 0.438. The smallest absolute Gasteiger partial charge is 0.133 e. The Hall–Kier alpha value is 0.1000. The zero-order valence-electron chi connectivity index (χ0n) is 3.79. The van der Waals surface area contributed by atoms with Gasteiger partial charge in [0.05, 0.1) is 10.9 Å². The Morgan fingerprint density at radius 1 is 1.50 bits per heavy atom. The largest absolute Gasteiger partial charge is 0.191 e. The van der Waals surface area contributed by atoms with Gasteiger partial charge in [-0.2, -0.15) is 5.26 Å². The fourth-order valence-corrected chi connectivity index (χ4v) is 0.430. The summed E-state index contributed by atoms with van der Waals surface area (Å²) >= 11 is 15.7. The maximum atomic E-state index is 8.05. The number of hydrogen-bond acceptors (Lipinski definition) is 1. The van der Waals surface area contributed by atoms with Gasteiger partial charge in [0, 0.05) is 0 Å². The predicted molar refractivity (Wildman–Crippen MR) is 35.1 cm³/mol. The van der Waals surface area contributed by atoms with E-state index in [1.807, 2.05) is 0 Å². The van der Waals surface area contributed by atoms with E-state index in [0.717, 1.165) is 0 Å². The second kappa shape index (κ2) is 4.03. The molecular formula is C4H2Cl3N. The lowest BCUT2D eigenvalue weighted by Gasteiger charge is -1.85. The minimum Gasteiger partial charge on any atom is -0.191 e. The van der Waals surface area contributed by atoms with Gasteiger partial charge in [-0.05, 0) is 0 Å². The third-order valence-electron chi connectivity index (χ3n) is 0.454. The topological polar surface area (TPSA) is 23.8 Å². The van der Waals surface area contributed by atoms with Crippen molar-refractivity contribution in [3.8, 4) is 6.07 Å². The minimum absolute atomic E-state index is 0.0401. The molecule has 0 spiro atoms. The molecule has 0 rings (SSSR count). The molecule has 0 unspecified atom stereocenters. The van der Waals surface area contributed by atoms with Gasteiger partial charge in [-0.1, -0.05) is 23.2 Å². The molecule has 1 nitrogen and oxygen atoms in total. The molecule has 0 radical (unpaired) electrons. The highest BCUT2D eigenvalue weighted by atomic mass is 35.5. The van der Waals surface area contributed by atoms with Gasteiger partial charge in [0.25, 0.3) is 0 Å². The third-order valence-corrected chi connectivity index (χ3v) is 1.59. The maximum Gasteiger partial charge on any atom is 0.133 e. The van der Waals surface area contributed by atoms with Crippen LogP contribution in [0.3, 0.4) is 0 Å². The molecule has 0 fully saturated rings. The van der Waals surface area contributed by atoms with E-state index in [4.69, 9.17) is 40.1 Å². The average Bonchev–Trinajstić information content (AvgIpc) is 1.84. The van der Waals surface area contributed by atoms with E-state index in [9.17, 15) is 0 Å². The fraction of sp³-hybridized carbons (Fsp3) is 0.250. The SMILES string of the molecule is N#C/C(Cl)=C(/Cl)CCl. The minimum atomic E-state index is -0.0401. The molecule has 0 aromatic rings. The molecule has 44 valence electrons. The maximum absolute atomic E-state index is 8.05. The number of alkyl halides is 1. The lowest BCUT2D eigenvalue weighted by Crippen LogP contribution is -1.74. The zero-order chi connectivity index (χ0) is 6.57. The molecule has 0 aliphatic heterocycles. The van der Waals surface area contributed by atoms with Gasteiger partial charge in [-0.25, -0.2) is 0 Å². The second-order valence-electron chi connectivity index (χ2n) is 0.964. The predicted octanol–water partition coefficient (Wildman–Crippen LogP) is 2.44. The van der Waals surface area contributed by atoms with Gasteiger partial charge in [0.1, 0.15) is 11.1 Å². The van der Waals surface area contributed by atoms with E-state index in [1.54, 1.807) is 6.07 Å². The normalized spacial score (nSPS) is 12.2. The van der Waals surface area contributed by atoms with Crippen LogP contribution in [0.4, 0.5) is 0 Å². The van der Waals surface area contributed by atoms with Crippen molar-refractivity contribution >= 4 is 34.8 Å². The zero-order valence-corrected chi connectivity index (χ0v) is 6.06. The molecular weight excluding hydrogens is 168 g/mol. The number of nitrogens with zero attached hydrogens (tertiary/aromatic N) is 1. The lowest BCUT2D eigenvalue weighted by molar-refractivity contribution is 1.51. The van der Waals surface area contributed by atoms with Gasteiger partial charge < -0.3 is 0 Å². The van der Waals surface area contributed by atoms with Crippen molar-refractivity contribution in [2.45, 2.75) is 0 Å². The second-order valence-corrected chi connectivity index (χ2v) is 2.07. The first-order chi connectivity index (χ1) is 3.72. The van der Waals surface area contributed by atoms with Gasteiger partial charge in [-0.15, -0.1) is 11.6 Å². The first-order valence-corrected chi connectivity index (χ1v) is 3.01. The Bertz CT molecular complexity index is 144. The summed E-state index contributed by atoms with van der Waals surface area (Å²) in [6.45, 7) is 0. The summed E-state index contributed by atoms with van der Waals surface area (Å²) < 4.78 is 0. The summed E-state index contributed by atoms with van der Waals surface area (Å²) in [6.07, 6.45) is 0. The Balaban J connectivity index is 4.10. The van der Waals surface area contributed by atoms with Crippen LogP contribution >= 0.6 is 34.8 Å². The molecule has 0 saturated heterocycles. The number of nitriles is 1. The van der Waals surface area contributed by atoms with E-state index in [2.05, 4.69) is 0 Å². The molecule has 4 heteroatoms. The summed E-state index contributed by atoms with van der Waals surface area (Å²) in [5.74, 6) is 0.0912. The van der Waals surface area contributed by atoms with Crippen LogP contribution in [0.1, 0.15) is 0 Å². The molecule has 0 N–H and O–H groups in total. The van der Waals surface area contributed by atoms with E-state index in [0.29, 0.717) is 0 Å². The van der Waals surface area contributed by atoms with Crippen molar-refractivity contribution < 1.29 is 0 Å². The van der Waals surface area contributed by atoms with E-state index < -0.39 is 0 Å². The van der Waals surface area contributed by atoms with Crippen molar-refractivity contribution in [3.05, 3.63) is 10.1 Å². The molecule has 0 heterocycles. The van der Waals surface area contributed by atoms with E-state index in [1.165, 1.54) is 0 Å². The number of halogens is 3. The molecule has 0 aliphatic rings. The molecule has 0 amide bonds. The monoisotopic (exact) mass is 169 g/mol. The van der Waals surface area contributed by atoms with Crippen LogP contribution in [0.5, 0.6) is 0 Å². The van der Waals surface area contributed by atoms with Crippen molar-refractivity contribution in [3.63, 3.8) is 0 Å². The van der Waals surface area contributed by atoms with Gasteiger partial charge in [0.2, 0.25) is 0 Å². The Kier molecular flexibility index (Phi) is 4.08. The van der Waals surface area contributed by atoms with Crippen molar-refractivity contribution in [1.82, 2.24) is 0 Å². The van der Waals surface area contributed by atoms with Crippen LogP contribution in [-0.2, 0) is 0 Å². The number of allylic oxidation sites excluding steroid dienone is 2. The first kappa shape index (κ1) is 8.10. The highest BCUT2D eigenvalue weighted by Crippen LogP contribution is 2.13. The highest BCUT2D eigenvalue weighted by Gasteiger charge is 1.95. The summed E-state index contributed by atoms with van der Waals surface area (Å²) in [5.41, 5.74) is 0. The standard InChI is InChI=1S/C4H2Cl3N/c5-1-3(6)4(7)2-8/h1H2/b4-3-. The number of rotatable bonds is 1. The molecule has 8 heavy (non-hydrogen) atoms. The molecule has 0 aromatic carbocycles. The number of hydrogen-bond donors (Lipinski definition) is 0. The van der Waals surface area contributed by atoms with Crippen molar-refractivity contribution in [1.29, 1.82) is 5.26 Å². The summed E-state index contributed by atoms with van der Waals surface area (Å²) in [5, 5.41) is 8.20. The van der Waals surface area contributed by atoms with Gasteiger partial charge in [-0.3, -0.25) is 0 Å². The molecule has 0 saturated carbocycles. The molecule has 0 aliphatic carbocycles. The van der Waals surface area contributed by atoms with E-state index >= 15 is 0 Å². The van der Waals surface area contributed by atoms with Crippen LogP contribution in [0.25, 0.3) is 0 Å². The van der Waals surface area contributed by atoms with Gasteiger partial charge >= 0.3 is 0 Å². The first-order valence-electron chi connectivity index (χ1n) is 1.72. The lowest BCUT2D eigenvalue weighted by atomic mass is 10.5. The average molecular weight is 170 g/mol. The Morgan fingerprint density at radius 2 is 2.00 bits per heavy atom. The highest BCUT2D eigenvalue weighted by molar-refractivity contribution is 6.43. The molecule has 0 aromatic heterocycles. The fourth-order valence-electron chi connectivity index (χ4n) is 0.119. The van der Waals surface area contributed by atoms with Crippen LogP contribution in [0.2, 0.25) is 0 Å². The summed E-state index contributed by atoms with van der Waals surface area (Å²) in [4.78, 5) is 0. The van der Waals surface area contributed by atoms with Crippen LogP contribution in [0, 0.1) is 11.3 Å². The van der Waals surface area contributed by atoms with Crippen LogP contribution < -0.4 is 0 Å². The van der Waals surface area contributed by atoms with Gasteiger partial charge in [0.15, 0.2) is 0 Å².